The third-order valence-electron chi connectivity index (χ3n) is 5.93. The van der Waals surface area contributed by atoms with Gasteiger partial charge in [-0.3, -0.25) is 13.9 Å². The summed E-state index contributed by atoms with van der Waals surface area (Å²) in [6.07, 6.45) is 2.76. The number of anilines is 1. The number of nitrogens with one attached hydrogen (secondary N) is 1. The van der Waals surface area contributed by atoms with Gasteiger partial charge in [0.05, 0.1) is 26.2 Å². The molecule has 0 aromatic heterocycles. The van der Waals surface area contributed by atoms with E-state index in [1.807, 2.05) is 38.1 Å². The highest BCUT2D eigenvalue weighted by Gasteiger charge is 2.31. The Morgan fingerprint density at radius 2 is 1.78 bits per heavy atom. The highest BCUT2D eigenvalue weighted by atomic mass is 32.2. The number of nitrogens with zero attached hydrogens (tertiary/aromatic N) is 2. The van der Waals surface area contributed by atoms with Crippen LogP contribution in [-0.2, 0) is 26.2 Å². The van der Waals surface area contributed by atoms with Gasteiger partial charge in [0.2, 0.25) is 21.8 Å². The summed E-state index contributed by atoms with van der Waals surface area (Å²) in [5, 5.41) is 2.87. The van der Waals surface area contributed by atoms with Crippen molar-refractivity contribution in [1.29, 1.82) is 0 Å². The summed E-state index contributed by atoms with van der Waals surface area (Å²) in [5.74, 6) is -0.140. The van der Waals surface area contributed by atoms with Crippen LogP contribution >= 0.6 is 0 Å². The number of aryl methyl sites for hydroxylation is 1. The minimum atomic E-state index is -3.90. The predicted molar refractivity (Wildman–Crippen MR) is 141 cm³/mol. The van der Waals surface area contributed by atoms with Gasteiger partial charge < -0.3 is 19.7 Å². The van der Waals surface area contributed by atoms with Crippen LogP contribution in [0.25, 0.3) is 0 Å². The van der Waals surface area contributed by atoms with E-state index in [9.17, 15) is 18.0 Å². The molecule has 0 heterocycles. The lowest BCUT2D eigenvalue weighted by molar-refractivity contribution is -0.139. The molecule has 0 saturated carbocycles. The molecule has 0 aliphatic heterocycles. The molecule has 0 fully saturated rings. The maximum atomic E-state index is 13.7. The molecule has 0 saturated heterocycles. The molecule has 0 aliphatic rings. The molecule has 36 heavy (non-hydrogen) atoms. The van der Waals surface area contributed by atoms with Crippen LogP contribution in [0.15, 0.2) is 42.5 Å². The van der Waals surface area contributed by atoms with E-state index in [1.54, 1.807) is 19.1 Å². The Labute approximate surface area is 214 Å². The van der Waals surface area contributed by atoms with Crippen LogP contribution in [0.3, 0.4) is 0 Å². The second kappa shape index (κ2) is 13.2. The number of carbonyl (C=O) groups is 2. The fourth-order valence-electron chi connectivity index (χ4n) is 3.68. The number of sulfonamides is 1. The number of benzene rings is 2. The van der Waals surface area contributed by atoms with Gasteiger partial charge in [-0.2, -0.15) is 0 Å². The molecule has 1 N–H and O–H groups in total. The molecule has 9 nitrogen and oxygen atoms in total. The molecule has 0 spiro atoms. The van der Waals surface area contributed by atoms with Crippen molar-refractivity contribution in [2.45, 2.75) is 46.2 Å². The molecule has 0 bridgehead atoms. The van der Waals surface area contributed by atoms with Crippen molar-refractivity contribution in [3.63, 3.8) is 0 Å². The molecule has 0 radical (unpaired) electrons. The molecule has 1 atom stereocenters. The number of ether oxygens (including phenoxy) is 2. The van der Waals surface area contributed by atoms with Gasteiger partial charge in [0, 0.05) is 19.2 Å². The van der Waals surface area contributed by atoms with Crippen LogP contribution < -0.4 is 19.1 Å². The molecule has 0 aliphatic carbocycles. The van der Waals surface area contributed by atoms with Crippen LogP contribution in [0.1, 0.15) is 37.8 Å². The number of hydrogen-bond acceptors (Lipinski definition) is 6. The van der Waals surface area contributed by atoms with Crippen molar-refractivity contribution in [2.24, 2.45) is 0 Å². The van der Waals surface area contributed by atoms with Gasteiger partial charge in [0.1, 0.15) is 24.1 Å². The Morgan fingerprint density at radius 3 is 2.36 bits per heavy atom. The third-order valence-corrected chi connectivity index (χ3v) is 7.06. The van der Waals surface area contributed by atoms with Crippen molar-refractivity contribution in [1.82, 2.24) is 10.2 Å². The highest BCUT2D eigenvalue weighted by molar-refractivity contribution is 7.92. The molecule has 2 aromatic rings. The maximum absolute atomic E-state index is 13.7. The van der Waals surface area contributed by atoms with Gasteiger partial charge in [0.15, 0.2) is 0 Å². The summed E-state index contributed by atoms with van der Waals surface area (Å²) >= 11 is 0. The van der Waals surface area contributed by atoms with Crippen molar-refractivity contribution < 1.29 is 27.5 Å². The predicted octanol–water partition coefficient (Wildman–Crippen LogP) is 3.11. The van der Waals surface area contributed by atoms with Crippen LogP contribution in [-0.4, -0.2) is 64.7 Å². The average Bonchev–Trinajstić information content (AvgIpc) is 2.85. The number of methoxy groups -OCH3 is 2. The number of carbonyl (C=O) groups excluding carboxylic acids is 2. The van der Waals surface area contributed by atoms with Gasteiger partial charge in [-0.1, -0.05) is 37.6 Å². The first kappa shape index (κ1) is 29.0. The average molecular weight is 520 g/mol. The zero-order valence-corrected chi connectivity index (χ0v) is 22.7. The van der Waals surface area contributed by atoms with Gasteiger partial charge in [-0.05, 0) is 43.5 Å². The van der Waals surface area contributed by atoms with Crippen LogP contribution in [0.4, 0.5) is 5.69 Å². The summed E-state index contributed by atoms with van der Waals surface area (Å²) in [6, 6.07) is 11.5. The van der Waals surface area contributed by atoms with Gasteiger partial charge in [0.25, 0.3) is 0 Å². The Kier molecular flexibility index (Phi) is 10.6. The van der Waals surface area contributed by atoms with E-state index in [4.69, 9.17) is 9.47 Å². The van der Waals surface area contributed by atoms with Crippen LogP contribution in [0.2, 0.25) is 0 Å². The standard InChI is InChI=1S/C26H37N3O6S/c1-7-8-15-27-26(31)20(3)28(17-21-12-10-9-11-19(21)2)25(30)18-29(36(6,32)33)23-16-22(34-4)13-14-24(23)35-5/h9-14,16,20H,7-8,15,17-18H2,1-6H3,(H,27,31). The minimum Gasteiger partial charge on any atom is -0.497 e. The lowest BCUT2D eigenvalue weighted by Crippen LogP contribution is -2.51. The van der Waals surface area contributed by atoms with Crippen LogP contribution in [0.5, 0.6) is 11.5 Å². The summed E-state index contributed by atoms with van der Waals surface area (Å²) in [7, 11) is -1.02. The largest absolute Gasteiger partial charge is 0.497 e. The number of amides is 2. The first-order valence-electron chi connectivity index (χ1n) is 11.8. The Balaban J connectivity index is 2.46. The van der Waals surface area contributed by atoms with Crippen LogP contribution in [0, 0.1) is 6.92 Å². The highest BCUT2D eigenvalue weighted by Crippen LogP contribution is 2.34. The first-order valence-corrected chi connectivity index (χ1v) is 13.7. The summed E-state index contributed by atoms with van der Waals surface area (Å²) < 4.78 is 37.2. The quantitative estimate of drug-likeness (QED) is 0.408. The molecule has 10 heteroatoms. The molecule has 2 amide bonds. The van der Waals surface area contributed by atoms with E-state index < -0.39 is 28.5 Å². The number of hydrogen-bond donors (Lipinski definition) is 1. The lowest BCUT2D eigenvalue weighted by atomic mass is 10.1. The zero-order valence-electron chi connectivity index (χ0n) is 21.9. The summed E-state index contributed by atoms with van der Waals surface area (Å²) in [4.78, 5) is 28.0. The normalized spacial score (nSPS) is 11.9. The summed E-state index contributed by atoms with van der Waals surface area (Å²) in [5.41, 5.74) is 2.00. The molecule has 1 unspecified atom stereocenters. The first-order chi connectivity index (χ1) is 17.0. The Morgan fingerprint density at radius 1 is 1.08 bits per heavy atom. The van der Waals surface area contributed by atoms with E-state index in [0.717, 1.165) is 34.5 Å². The topological polar surface area (TPSA) is 105 Å². The van der Waals surface area contributed by atoms with Crippen molar-refractivity contribution in [3.05, 3.63) is 53.6 Å². The van der Waals surface area contributed by atoms with Gasteiger partial charge in [-0.15, -0.1) is 0 Å². The number of rotatable bonds is 13. The van der Waals surface area contributed by atoms with E-state index in [0.29, 0.717) is 12.3 Å². The maximum Gasteiger partial charge on any atom is 0.244 e. The molecular formula is C26H37N3O6S. The third kappa shape index (κ3) is 7.61. The number of unbranched alkanes of at least 4 members (excludes halogenated alkanes) is 1. The second-order valence-corrected chi connectivity index (χ2v) is 10.5. The minimum absolute atomic E-state index is 0.153. The van der Waals surface area contributed by atoms with Crippen molar-refractivity contribution in [3.8, 4) is 11.5 Å². The van der Waals surface area contributed by atoms with E-state index in [-0.39, 0.29) is 23.9 Å². The van der Waals surface area contributed by atoms with E-state index in [2.05, 4.69) is 5.32 Å². The Bertz CT molecular complexity index is 1150. The molecule has 2 rings (SSSR count). The van der Waals surface area contributed by atoms with Gasteiger partial charge in [-0.25, -0.2) is 8.42 Å². The lowest BCUT2D eigenvalue weighted by Gasteiger charge is -2.32. The molecular weight excluding hydrogens is 482 g/mol. The summed E-state index contributed by atoms with van der Waals surface area (Å²) in [6.45, 7) is 5.74. The van der Waals surface area contributed by atoms with E-state index in [1.165, 1.54) is 25.2 Å². The SMILES string of the molecule is CCCCNC(=O)C(C)N(Cc1ccccc1C)C(=O)CN(c1cc(OC)ccc1OC)S(C)(=O)=O. The second-order valence-electron chi connectivity index (χ2n) is 8.58. The molecule has 198 valence electrons. The fraction of sp³-hybridized carbons (Fsp3) is 0.462. The van der Waals surface area contributed by atoms with Gasteiger partial charge >= 0.3 is 0 Å². The van der Waals surface area contributed by atoms with Crippen molar-refractivity contribution in [2.75, 3.05) is 37.9 Å². The monoisotopic (exact) mass is 519 g/mol. The fourth-order valence-corrected chi connectivity index (χ4v) is 4.52. The van der Waals surface area contributed by atoms with E-state index >= 15 is 0 Å². The Hall–Kier alpha value is -3.27. The zero-order chi connectivity index (χ0) is 26.9. The smallest absolute Gasteiger partial charge is 0.244 e. The molecule has 2 aromatic carbocycles. The van der Waals surface area contributed by atoms with Crippen molar-refractivity contribution >= 4 is 27.5 Å².